The van der Waals surface area contributed by atoms with Gasteiger partial charge >= 0.3 is 0 Å². The molecule has 1 aliphatic heterocycles. The molecule has 0 aromatic heterocycles. The Hall–Kier alpha value is -3.39. The van der Waals surface area contributed by atoms with Gasteiger partial charge in [-0.25, -0.2) is 0 Å². The second-order valence-electron chi connectivity index (χ2n) is 6.80. The number of aromatic hydroxyl groups is 1. The number of rotatable bonds is 7. The quantitative estimate of drug-likeness (QED) is 0.391. The molecule has 0 saturated carbocycles. The maximum absolute atomic E-state index is 13.2. The number of nitrogens with zero attached hydrogens (tertiary/aromatic N) is 2. The maximum atomic E-state index is 13.2. The third-order valence-corrected chi connectivity index (χ3v) is 5.22. The summed E-state index contributed by atoms with van der Waals surface area (Å²) >= 11 is 5.24. The first-order chi connectivity index (χ1) is 14.9. The lowest BCUT2D eigenvalue weighted by atomic mass is 10.1. The SMILES string of the molecule is CCOc1cccc(N2C(=O)/C(=C/c3ccc(N(CC)CC)cc3O)C(=O)NC2=S)c1. The fourth-order valence-electron chi connectivity index (χ4n) is 3.37. The molecule has 1 saturated heterocycles. The van der Waals surface area contributed by atoms with E-state index in [0.717, 1.165) is 18.8 Å². The monoisotopic (exact) mass is 439 g/mol. The molecule has 3 rings (SSSR count). The van der Waals surface area contributed by atoms with E-state index in [-0.39, 0.29) is 16.4 Å². The Morgan fingerprint density at radius 1 is 1.13 bits per heavy atom. The Kier molecular flexibility index (Phi) is 6.91. The van der Waals surface area contributed by atoms with Gasteiger partial charge in [-0.1, -0.05) is 6.07 Å². The van der Waals surface area contributed by atoms with Gasteiger partial charge in [-0.05, 0) is 63.3 Å². The van der Waals surface area contributed by atoms with Crippen molar-refractivity contribution in [2.24, 2.45) is 0 Å². The zero-order chi connectivity index (χ0) is 22.5. The normalized spacial score (nSPS) is 15.3. The summed E-state index contributed by atoms with van der Waals surface area (Å²) in [5.41, 5.74) is 1.58. The van der Waals surface area contributed by atoms with E-state index in [1.807, 2.05) is 26.8 Å². The molecule has 162 valence electrons. The number of carbonyl (C=O) groups is 2. The molecular formula is C23H25N3O4S. The summed E-state index contributed by atoms with van der Waals surface area (Å²) in [6, 6.07) is 12.1. The Morgan fingerprint density at radius 3 is 2.52 bits per heavy atom. The number of amides is 2. The van der Waals surface area contributed by atoms with Crippen molar-refractivity contribution in [1.82, 2.24) is 5.32 Å². The molecule has 31 heavy (non-hydrogen) atoms. The molecule has 2 amide bonds. The average Bonchev–Trinajstić information content (AvgIpc) is 2.73. The minimum absolute atomic E-state index is 0.0121. The number of nitrogens with one attached hydrogen (secondary N) is 1. The molecule has 2 N–H and O–H groups in total. The summed E-state index contributed by atoms with van der Waals surface area (Å²) in [6.07, 6.45) is 1.38. The second kappa shape index (κ2) is 9.61. The van der Waals surface area contributed by atoms with Crippen molar-refractivity contribution in [3.8, 4) is 11.5 Å². The first-order valence-corrected chi connectivity index (χ1v) is 10.5. The van der Waals surface area contributed by atoms with Gasteiger partial charge < -0.3 is 14.7 Å². The van der Waals surface area contributed by atoms with Gasteiger partial charge in [-0.3, -0.25) is 19.8 Å². The minimum atomic E-state index is -0.612. The van der Waals surface area contributed by atoms with Crippen molar-refractivity contribution in [2.45, 2.75) is 20.8 Å². The average molecular weight is 440 g/mol. The largest absolute Gasteiger partial charge is 0.507 e. The smallest absolute Gasteiger partial charge is 0.270 e. The lowest BCUT2D eigenvalue weighted by Crippen LogP contribution is -2.54. The minimum Gasteiger partial charge on any atom is -0.507 e. The Balaban J connectivity index is 1.97. The van der Waals surface area contributed by atoms with E-state index in [4.69, 9.17) is 17.0 Å². The molecule has 1 aliphatic rings. The molecule has 2 aromatic rings. The summed E-state index contributed by atoms with van der Waals surface area (Å²) in [5.74, 6) is -0.618. The molecule has 0 atom stereocenters. The number of anilines is 2. The molecule has 0 spiro atoms. The van der Waals surface area contributed by atoms with Crippen LogP contribution in [0.1, 0.15) is 26.3 Å². The number of hydrogen-bond acceptors (Lipinski definition) is 6. The fourth-order valence-corrected chi connectivity index (χ4v) is 3.65. The van der Waals surface area contributed by atoms with Gasteiger partial charge in [-0.15, -0.1) is 0 Å². The molecule has 8 heteroatoms. The topological polar surface area (TPSA) is 82.1 Å². The van der Waals surface area contributed by atoms with Crippen molar-refractivity contribution in [3.05, 3.63) is 53.6 Å². The van der Waals surface area contributed by atoms with Gasteiger partial charge in [0.2, 0.25) is 0 Å². The van der Waals surface area contributed by atoms with Crippen molar-refractivity contribution >= 4 is 46.6 Å². The van der Waals surface area contributed by atoms with E-state index >= 15 is 0 Å². The lowest BCUT2D eigenvalue weighted by Gasteiger charge is -2.29. The molecule has 0 unspecified atom stereocenters. The van der Waals surface area contributed by atoms with Crippen LogP contribution in [0, 0.1) is 0 Å². The molecule has 0 radical (unpaired) electrons. The van der Waals surface area contributed by atoms with E-state index in [1.54, 1.807) is 36.4 Å². The Labute approximate surface area is 186 Å². The van der Waals surface area contributed by atoms with Crippen LogP contribution in [-0.2, 0) is 9.59 Å². The standard InChI is InChI=1S/C23H25N3O4S/c1-4-25(5-2)16-11-10-15(20(27)14-16)12-19-21(28)24-23(31)26(22(19)29)17-8-7-9-18(13-17)30-6-3/h7-14,27H,4-6H2,1-3H3,(H,24,28,31)/b19-12+. The van der Waals surface area contributed by atoms with Crippen LogP contribution in [0.3, 0.4) is 0 Å². The van der Waals surface area contributed by atoms with Crippen LogP contribution in [0.5, 0.6) is 11.5 Å². The summed E-state index contributed by atoms with van der Waals surface area (Å²) in [7, 11) is 0. The van der Waals surface area contributed by atoms with Crippen LogP contribution < -0.4 is 19.9 Å². The Bertz CT molecular complexity index is 1050. The molecule has 2 aromatic carbocycles. The summed E-state index contributed by atoms with van der Waals surface area (Å²) < 4.78 is 5.50. The van der Waals surface area contributed by atoms with Gasteiger partial charge in [0, 0.05) is 36.5 Å². The van der Waals surface area contributed by atoms with E-state index in [2.05, 4.69) is 10.2 Å². The zero-order valence-corrected chi connectivity index (χ0v) is 18.5. The Morgan fingerprint density at radius 2 is 1.87 bits per heavy atom. The number of benzene rings is 2. The molecule has 0 aliphatic carbocycles. The third kappa shape index (κ3) is 4.69. The van der Waals surface area contributed by atoms with E-state index in [1.165, 1.54) is 11.0 Å². The number of ether oxygens (including phenoxy) is 1. The molecule has 1 fully saturated rings. The highest BCUT2D eigenvalue weighted by molar-refractivity contribution is 7.80. The first kappa shape index (κ1) is 22.3. The third-order valence-electron chi connectivity index (χ3n) is 4.93. The number of thiocarbonyl (C=S) groups is 1. The summed E-state index contributed by atoms with van der Waals surface area (Å²) in [6.45, 7) is 7.99. The molecular weight excluding hydrogens is 414 g/mol. The van der Waals surface area contributed by atoms with Crippen LogP contribution in [-0.4, -0.2) is 41.7 Å². The van der Waals surface area contributed by atoms with Gasteiger partial charge in [0.1, 0.15) is 17.1 Å². The van der Waals surface area contributed by atoms with Crippen LogP contribution in [0.15, 0.2) is 48.0 Å². The van der Waals surface area contributed by atoms with Gasteiger partial charge in [0.25, 0.3) is 11.8 Å². The number of hydrogen-bond donors (Lipinski definition) is 2. The van der Waals surface area contributed by atoms with Crippen LogP contribution >= 0.6 is 12.2 Å². The first-order valence-electron chi connectivity index (χ1n) is 10.1. The predicted octanol–water partition coefficient (Wildman–Crippen LogP) is 3.47. The maximum Gasteiger partial charge on any atom is 0.270 e. The highest BCUT2D eigenvalue weighted by Gasteiger charge is 2.34. The van der Waals surface area contributed by atoms with Crippen LogP contribution in [0.25, 0.3) is 6.08 Å². The molecule has 7 nitrogen and oxygen atoms in total. The van der Waals surface area contributed by atoms with Gasteiger partial charge in [0.15, 0.2) is 5.11 Å². The van der Waals surface area contributed by atoms with Crippen molar-refractivity contribution in [2.75, 3.05) is 29.5 Å². The molecule has 1 heterocycles. The van der Waals surface area contributed by atoms with Crippen molar-refractivity contribution in [1.29, 1.82) is 0 Å². The second-order valence-corrected chi connectivity index (χ2v) is 7.19. The number of phenolic OH excluding ortho intramolecular Hbond substituents is 1. The highest BCUT2D eigenvalue weighted by atomic mass is 32.1. The van der Waals surface area contributed by atoms with Gasteiger partial charge in [-0.2, -0.15) is 0 Å². The predicted molar refractivity (Wildman–Crippen MR) is 125 cm³/mol. The zero-order valence-electron chi connectivity index (χ0n) is 17.7. The van der Waals surface area contributed by atoms with E-state index < -0.39 is 11.8 Å². The highest BCUT2D eigenvalue weighted by Crippen LogP contribution is 2.29. The molecule has 0 bridgehead atoms. The van der Waals surface area contributed by atoms with E-state index in [0.29, 0.717) is 23.6 Å². The number of phenols is 1. The van der Waals surface area contributed by atoms with Crippen LogP contribution in [0.4, 0.5) is 11.4 Å². The fraction of sp³-hybridized carbons (Fsp3) is 0.261. The van der Waals surface area contributed by atoms with Gasteiger partial charge in [0.05, 0.1) is 12.3 Å². The lowest BCUT2D eigenvalue weighted by molar-refractivity contribution is -0.122. The summed E-state index contributed by atoms with van der Waals surface area (Å²) in [4.78, 5) is 29.0. The summed E-state index contributed by atoms with van der Waals surface area (Å²) in [5, 5.41) is 13.0. The van der Waals surface area contributed by atoms with Crippen molar-refractivity contribution in [3.63, 3.8) is 0 Å². The van der Waals surface area contributed by atoms with E-state index in [9.17, 15) is 14.7 Å². The van der Waals surface area contributed by atoms with Crippen molar-refractivity contribution < 1.29 is 19.4 Å². The number of carbonyl (C=O) groups excluding carboxylic acids is 2. The van der Waals surface area contributed by atoms with Crippen LogP contribution in [0.2, 0.25) is 0 Å².